The molecule has 2 heterocycles. The van der Waals surface area contributed by atoms with Crippen LogP contribution in [0.3, 0.4) is 0 Å². The summed E-state index contributed by atoms with van der Waals surface area (Å²) < 4.78 is 17.0. The van der Waals surface area contributed by atoms with Gasteiger partial charge in [-0.1, -0.05) is 11.1 Å². The minimum Gasteiger partial charge on any atom is -0.459 e. The van der Waals surface area contributed by atoms with Gasteiger partial charge in [-0.15, -0.1) is 0 Å². The molecule has 0 radical (unpaired) electrons. The van der Waals surface area contributed by atoms with E-state index in [0.29, 0.717) is 16.7 Å². The van der Waals surface area contributed by atoms with Crippen LogP contribution in [0.25, 0.3) is 0 Å². The zero-order valence-electron chi connectivity index (χ0n) is 17.5. The molecule has 0 aromatic rings. The van der Waals surface area contributed by atoms with Gasteiger partial charge in [-0.25, -0.2) is 4.79 Å². The van der Waals surface area contributed by atoms with E-state index < -0.39 is 72.9 Å². The Morgan fingerprint density at radius 3 is 2.48 bits per heavy atom. The summed E-state index contributed by atoms with van der Waals surface area (Å²) in [4.78, 5) is 25.1. The molecule has 0 aromatic carbocycles. The van der Waals surface area contributed by atoms with Gasteiger partial charge in [0.2, 0.25) is 0 Å². The predicted molar refractivity (Wildman–Crippen MR) is 102 cm³/mol. The van der Waals surface area contributed by atoms with Gasteiger partial charge in [0, 0.05) is 11.5 Å². The van der Waals surface area contributed by atoms with E-state index in [-0.39, 0.29) is 12.2 Å². The van der Waals surface area contributed by atoms with Gasteiger partial charge in [0.05, 0.1) is 18.6 Å². The molecule has 0 unspecified atom stereocenters. The standard InChI is InChI=1S/C21H28O10/c1-7-4-9(23)12-8(2)5-10(14-18(13(7)12)31-20(27)21(14,3)28)29-19-17(26)16(25)15(24)11(6-22)30-19/h4,10-11,13-19,22,24-26,28H,5-6H2,1-3H3/t10-,11+,13-,14+,15+,16-,17+,18+,19+,21+/m0/s1. The monoisotopic (exact) mass is 440 g/mol. The number of rotatable bonds is 3. The zero-order chi connectivity index (χ0) is 22.8. The van der Waals surface area contributed by atoms with Crippen LogP contribution >= 0.6 is 0 Å². The summed E-state index contributed by atoms with van der Waals surface area (Å²) in [5.41, 5.74) is -0.0179. The Labute approximate surface area is 178 Å². The summed E-state index contributed by atoms with van der Waals surface area (Å²) in [5, 5.41) is 50.9. The lowest BCUT2D eigenvalue weighted by Gasteiger charge is -2.42. The van der Waals surface area contributed by atoms with Crippen LogP contribution in [0.5, 0.6) is 0 Å². The van der Waals surface area contributed by atoms with E-state index in [1.54, 1.807) is 13.8 Å². The van der Waals surface area contributed by atoms with E-state index in [2.05, 4.69) is 0 Å². The molecule has 10 atom stereocenters. The third-order valence-corrected chi connectivity index (χ3v) is 6.94. The third kappa shape index (κ3) is 3.37. The fourth-order valence-corrected chi connectivity index (χ4v) is 5.30. The molecule has 0 saturated carbocycles. The molecule has 4 rings (SSSR count). The van der Waals surface area contributed by atoms with Crippen LogP contribution in [0.4, 0.5) is 0 Å². The molecule has 5 N–H and O–H groups in total. The maximum atomic E-state index is 12.6. The molecule has 10 nitrogen and oxygen atoms in total. The molecular weight excluding hydrogens is 412 g/mol. The summed E-state index contributed by atoms with van der Waals surface area (Å²) >= 11 is 0. The number of aliphatic hydroxyl groups excluding tert-OH is 4. The highest BCUT2D eigenvalue weighted by Crippen LogP contribution is 2.50. The number of ketones is 1. The molecule has 4 aliphatic rings. The van der Waals surface area contributed by atoms with E-state index in [1.165, 1.54) is 13.0 Å². The Bertz CT molecular complexity index is 843. The topological polar surface area (TPSA) is 163 Å². The minimum atomic E-state index is -1.93. The molecule has 0 amide bonds. The lowest BCUT2D eigenvalue weighted by molar-refractivity contribution is -0.318. The SMILES string of the molecule is CC1=CC(=O)C2=C(C)C[C@H](O[C@@H]3O[C@H](CO)[C@@H](O)[C@H](O)[C@H]3O)[C@@H]3[C@H](OC(=O)[C@]3(C)O)[C@@H]12. The van der Waals surface area contributed by atoms with Crippen molar-refractivity contribution in [3.63, 3.8) is 0 Å². The molecular formula is C21H28O10. The van der Waals surface area contributed by atoms with Crippen molar-refractivity contribution in [1.29, 1.82) is 0 Å². The second-order valence-corrected chi connectivity index (χ2v) is 9.04. The number of ether oxygens (including phenoxy) is 3. The molecule has 0 aromatic heterocycles. The quantitative estimate of drug-likeness (QED) is 0.321. The fraction of sp³-hybridized carbons (Fsp3) is 0.714. The molecule has 2 saturated heterocycles. The molecule has 10 heteroatoms. The Morgan fingerprint density at radius 2 is 1.84 bits per heavy atom. The van der Waals surface area contributed by atoms with Crippen molar-refractivity contribution in [1.82, 2.24) is 0 Å². The second-order valence-electron chi connectivity index (χ2n) is 9.04. The summed E-state index contributed by atoms with van der Waals surface area (Å²) in [6, 6.07) is 0. The number of hydrogen-bond donors (Lipinski definition) is 5. The largest absolute Gasteiger partial charge is 0.459 e. The van der Waals surface area contributed by atoms with Crippen molar-refractivity contribution in [2.45, 2.75) is 75.7 Å². The highest BCUT2D eigenvalue weighted by atomic mass is 16.7. The first kappa shape index (κ1) is 22.5. The van der Waals surface area contributed by atoms with Gasteiger partial charge < -0.3 is 39.7 Å². The first-order chi connectivity index (χ1) is 14.5. The predicted octanol–water partition coefficient (Wildman–Crippen LogP) is -1.67. The van der Waals surface area contributed by atoms with Gasteiger partial charge in [-0.2, -0.15) is 0 Å². The average molecular weight is 440 g/mol. The van der Waals surface area contributed by atoms with Gasteiger partial charge in [0.15, 0.2) is 17.7 Å². The van der Waals surface area contributed by atoms with Crippen LogP contribution in [0.15, 0.2) is 22.8 Å². The van der Waals surface area contributed by atoms with E-state index >= 15 is 0 Å². The summed E-state index contributed by atoms with van der Waals surface area (Å²) in [5.74, 6) is -2.44. The van der Waals surface area contributed by atoms with Crippen LogP contribution in [0.2, 0.25) is 0 Å². The summed E-state index contributed by atoms with van der Waals surface area (Å²) in [6.07, 6.45) is -7.59. The average Bonchev–Trinajstić information content (AvgIpc) is 3.07. The molecule has 2 aliphatic carbocycles. The number of carbonyl (C=O) groups is 2. The van der Waals surface area contributed by atoms with Gasteiger partial charge in [0.1, 0.15) is 30.5 Å². The van der Waals surface area contributed by atoms with Crippen LogP contribution in [-0.2, 0) is 23.8 Å². The first-order valence-electron chi connectivity index (χ1n) is 10.3. The van der Waals surface area contributed by atoms with Gasteiger partial charge in [-0.05, 0) is 33.3 Å². The second kappa shape index (κ2) is 7.73. The highest BCUT2D eigenvalue weighted by Gasteiger charge is 2.62. The Morgan fingerprint density at radius 1 is 1.16 bits per heavy atom. The Hall–Kier alpha value is -1.66. The molecule has 0 spiro atoms. The number of esters is 1. The van der Waals surface area contributed by atoms with Crippen molar-refractivity contribution in [2.24, 2.45) is 11.8 Å². The van der Waals surface area contributed by atoms with Crippen LogP contribution in [-0.4, -0.2) is 92.4 Å². The van der Waals surface area contributed by atoms with Crippen molar-refractivity contribution >= 4 is 11.8 Å². The normalized spacial score (nSPS) is 47.6. The number of allylic oxidation sites excluding steroid dienone is 1. The van der Waals surface area contributed by atoms with E-state index in [4.69, 9.17) is 14.2 Å². The van der Waals surface area contributed by atoms with E-state index in [9.17, 15) is 35.1 Å². The molecule has 172 valence electrons. The first-order valence-corrected chi connectivity index (χ1v) is 10.3. The molecule has 2 fully saturated rings. The van der Waals surface area contributed by atoms with E-state index in [0.717, 1.165) is 0 Å². The van der Waals surface area contributed by atoms with E-state index in [1.807, 2.05) is 0 Å². The summed E-state index contributed by atoms with van der Waals surface area (Å²) in [6.45, 7) is 4.22. The van der Waals surface area contributed by atoms with Gasteiger partial charge in [0.25, 0.3) is 0 Å². The maximum absolute atomic E-state index is 12.6. The van der Waals surface area contributed by atoms with Crippen LogP contribution in [0, 0.1) is 11.8 Å². The lowest BCUT2D eigenvalue weighted by Crippen LogP contribution is -2.60. The number of carbonyl (C=O) groups excluding carboxylic acids is 2. The molecule has 0 bridgehead atoms. The van der Waals surface area contributed by atoms with Gasteiger partial charge in [-0.3, -0.25) is 4.79 Å². The third-order valence-electron chi connectivity index (χ3n) is 6.94. The minimum absolute atomic E-state index is 0.141. The van der Waals surface area contributed by atoms with Crippen molar-refractivity contribution < 1.29 is 49.3 Å². The number of aliphatic hydroxyl groups is 5. The Balaban J connectivity index is 1.70. The van der Waals surface area contributed by atoms with Gasteiger partial charge >= 0.3 is 5.97 Å². The fourth-order valence-electron chi connectivity index (χ4n) is 5.30. The number of hydrogen-bond acceptors (Lipinski definition) is 10. The lowest BCUT2D eigenvalue weighted by atomic mass is 9.77. The van der Waals surface area contributed by atoms with Crippen molar-refractivity contribution in [3.8, 4) is 0 Å². The zero-order valence-corrected chi connectivity index (χ0v) is 17.5. The highest BCUT2D eigenvalue weighted by molar-refractivity contribution is 6.09. The maximum Gasteiger partial charge on any atom is 0.338 e. The Kier molecular flexibility index (Phi) is 5.62. The van der Waals surface area contributed by atoms with Crippen molar-refractivity contribution in [2.75, 3.05) is 6.61 Å². The number of fused-ring (bicyclic) bond motifs is 3. The van der Waals surface area contributed by atoms with Crippen LogP contribution < -0.4 is 0 Å². The molecule has 31 heavy (non-hydrogen) atoms. The smallest absolute Gasteiger partial charge is 0.338 e. The van der Waals surface area contributed by atoms with Crippen molar-refractivity contribution in [3.05, 3.63) is 22.8 Å². The van der Waals surface area contributed by atoms with Crippen LogP contribution in [0.1, 0.15) is 27.2 Å². The molecule has 2 aliphatic heterocycles. The summed E-state index contributed by atoms with van der Waals surface area (Å²) in [7, 11) is 0.